The molecule has 0 aliphatic rings. The third-order valence-electron chi connectivity index (χ3n) is 3.61. The molecular weight excluding hydrogens is 375 g/mol. The maximum Gasteiger partial charge on any atom is 0.272 e. The second-order valence-corrected chi connectivity index (χ2v) is 6.43. The Morgan fingerprint density at radius 1 is 1.00 bits per heavy atom. The Hall–Kier alpha value is -2.84. The number of rotatable bonds is 3. The number of anilines is 2. The Morgan fingerprint density at radius 3 is 2.54 bits per heavy atom. The SMILES string of the molecule is Cc1nc2nnc(-c3ccnc(Nc4cc(Cl)cc(Cl)c4)n3)c(C)n2n1. The molecule has 1 N–H and O–H groups in total. The topological polar surface area (TPSA) is 93.8 Å². The first kappa shape index (κ1) is 16.6. The summed E-state index contributed by atoms with van der Waals surface area (Å²) in [6, 6.07) is 6.88. The molecule has 10 heteroatoms. The van der Waals surface area contributed by atoms with Crippen molar-refractivity contribution < 1.29 is 0 Å². The summed E-state index contributed by atoms with van der Waals surface area (Å²) >= 11 is 12.0. The van der Waals surface area contributed by atoms with Crippen molar-refractivity contribution in [2.75, 3.05) is 5.32 Å². The maximum absolute atomic E-state index is 6.02. The first-order valence-electron chi connectivity index (χ1n) is 7.63. The van der Waals surface area contributed by atoms with Crippen molar-refractivity contribution in [2.45, 2.75) is 13.8 Å². The van der Waals surface area contributed by atoms with Crippen molar-refractivity contribution in [3.05, 3.63) is 52.0 Å². The Morgan fingerprint density at radius 2 is 1.77 bits per heavy atom. The molecule has 0 aliphatic heterocycles. The van der Waals surface area contributed by atoms with E-state index in [4.69, 9.17) is 23.2 Å². The van der Waals surface area contributed by atoms with Gasteiger partial charge in [0.15, 0.2) is 0 Å². The lowest BCUT2D eigenvalue weighted by Crippen LogP contribution is -2.05. The fourth-order valence-corrected chi connectivity index (χ4v) is 3.03. The average molecular weight is 387 g/mol. The fraction of sp³-hybridized carbons (Fsp3) is 0.125. The van der Waals surface area contributed by atoms with Crippen LogP contribution in [-0.4, -0.2) is 34.8 Å². The number of nitrogens with zero attached hydrogens (tertiary/aromatic N) is 7. The molecule has 8 nitrogen and oxygen atoms in total. The Kier molecular flexibility index (Phi) is 4.14. The highest BCUT2D eigenvalue weighted by Gasteiger charge is 2.13. The number of hydrogen-bond acceptors (Lipinski definition) is 7. The average Bonchev–Trinajstić information content (AvgIpc) is 2.96. The fourth-order valence-electron chi connectivity index (χ4n) is 2.50. The van der Waals surface area contributed by atoms with Gasteiger partial charge in [-0.25, -0.2) is 9.97 Å². The van der Waals surface area contributed by atoms with E-state index in [1.165, 1.54) is 0 Å². The van der Waals surface area contributed by atoms with Crippen molar-refractivity contribution in [3.63, 3.8) is 0 Å². The van der Waals surface area contributed by atoms with Gasteiger partial charge in [0.05, 0.1) is 11.4 Å². The summed E-state index contributed by atoms with van der Waals surface area (Å²) in [4.78, 5) is 12.9. The predicted molar refractivity (Wildman–Crippen MR) is 98.8 cm³/mol. The van der Waals surface area contributed by atoms with Crippen LogP contribution in [0.2, 0.25) is 10.0 Å². The van der Waals surface area contributed by atoms with E-state index in [0.29, 0.717) is 44.7 Å². The summed E-state index contributed by atoms with van der Waals surface area (Å²) in [5, 5.41) is 16.8. The maximum atomic E-state index is 6.02. The molecule has 0 bridgehead atoms. The highest BCUT2D eigenvalue weighted by molar-refractivity contribution is 6.35. The van der Waals surface area contributed by atoms with Crippen LogP contribution in [0.25, 0.3) is 17.2 Å². The van der Waals surface area contributed by atoms with Gasteiger partial charge in [-0.2, -0.15) is 9.50 Å². The van der Waals surface area contributed by atoms with Gasteiger partial charge in [-0.1, -0.05) is 23.2 Å². The minimum Gasteiger partial charge on any atom is -0.324 e. The molecule has 0 spiro atoms. The van der Waals surface area contributed by atoms with Crippen molar-refractivity contribution in [1.82, 2.24) is 34.8 Å². The van der Waals surface area contributed by atoms with Crippen LogP contribution in [0.1, 0.15) is 11.5 Å². The molecule has 3 aromatic heterocycles. The van der Waals surface area contributed by atoms with Gasteiger partial charge in [0, 0.05) is 21.9 Å². The molecule has 4 aromatic rings. The zero-order valence-electron chi connectivity index (χ0n) is 13.8. The van der Waals surface area contributed by atoms with E-state index >= 15 is 0 Å². The summed E-state index contributed by atoms with van der Waals surface area (Å²) in [6.07, 6.45) is 1.63. The lowest BCUT2D eigenvalue weighted by Gasteiger charge is -2.08. The first-order valence-corrected chi connectivity index (χ1v) is 8.38. The second-order valence-electron chi connectivity index (χ2n) is 5.55. The number of benzene rings is 1. The summed E-state index contributed by atoms with van der Waals surface area (Å²) < 4.78 is 1.64. The van der Waals surface area contributed by atoms with Gasteiger partial charge in [-0.15, -0.1) is 15.3 Å². The van der Waals surface area contributed by atoms with Crippen LogP contribution in [-0.2, 0) is 0 Å². The molecule has 0 atom stereocenters. The van der Waals surface area contributed by atoms with Crippen molar-refractivity contribution in [3.8, 4) is 11.4 Å². The van der Waals surface area contributed by atoms with Crippen LogP contribution < -0.4 is 5.32 Å². The molecule has 0 amide bonds. The second kappa shape index (κ2) is 6.47. The molecule has 0 unspecified atom stereocenters. The normalized spacial score (nSPS) is 11.1. The Labute approximate surface area is 158 Å². The van der Waals surface area contributed by atoms with E-state index in [1.807, 2.05) is 6.92 Å². The number of aromatic nitrogens is 7. The van der Waals surface area contributed by atoms with Gasteiger partial charge in [-0.05, 0) is 38.1 Å². The largest absolute Gasteiger partial charge is 0.324 e. The number of fused-ring (bicyclic) bond motifs is 1. The Bertz CT molecular complexity index is 1100. The van der Waals surface area contributed by atoms with E-state index in [2.05, 4.69) is 35.6 Å². The third-order valence-corrected chi connectivity index (χ3v) is 4.05. The third kappa shape index (κ3) is 3.16. The summed E-state index contributed by atoms with van der Waals surface area (Å²) in [5.74, 6) is 1.46. The standard InChI is InChI=1S/C16H12Cl2N8/c1-8-14(23-24-16-20-9(2)25-26(8)16)13-3-4-19-15(22-13)21-12-6-10(17)5-11(18)7-12/h3-7H,1-2H3,(H,19,21,22). The van der Waals surface area contributed by atoms with Gasteiger partial charge < -0.3 is 5.32 Å². The van der Waals surface area contributed by atoms with Gasteiger partial charge in [0.25, 0.3) is 5.78 Å². The van der Waals surface area contributed by atoms with Crippen LogP contribution in [0.5, 0.6) is 0 Å². The van der Waals surface area contributed by atoms with Crippen LogP contribution >= 0.6 is 23.2 Å². The van der Waals surface area contributed by atoms with Gasteiger partial charge in [0.2, 0.25) is 5.95 Å². The van der Waals surface area contributed by atoms with Gasteiger partial charge in [0.1, 0.15) is 11.5 Å². The zero-order valence-corrected chi connectivity index (χ0v) is 15.3. The summed E-state index contributed by atoms with van der Waals surface area (Å²) in [5.41, 5.74) is 2.67. The summed E-state index contributed by atoms with van der Waals surface area (Å²) in [6.45, 7) is 3.69. The minimum absolute atomic E-state index is 0.386. The molecule has 130 valence electrons. The molecule has 3 heterocycles. The van der Waals surface area contributed by atoms with E-state index in [0.717, 1.165) is 5.69 Å². The van der Waals surface area contributed by atoms with Crippen LogP contribution in [0, 0.1) is 13.8 Å². The molecule has 0 fully saturated rings. The monoisotopic (exact) mass is 386 g/mol. The van der Waals surface area contributed by atoms with Crippen molar-refractivity contribution in [1.29, 1.82) is 0 Å². The van der Waals surface area contributed by atoms with E-state index in [1.54, 1.807) is 41.9 Å². The molecule has 0 radical (unpaired) electrons. The lowest BCUT2D eigenvalue weighted by molar-refractivity contribution is 0.841. The lowest BCUT2D eigenvalue weighted by atomic mass is 10.2. The van der Waals surface area contributed by atoms with E-state index in [-0.39, 0.29) is 0 Å². The smallest absolute Gasteiger partial charge is 0.272 e. The summed E-state index contributed by atoms with van der Waals surface area (Å²) in [7, 11) is 0. The van der Waals surface area contributed by atoms with E-state index in [9.17, 15) is 0 Å². The molecule has 1 aromatic carbocycles. The molecule has 4 rings (SSSR count). The van der Waals surface area contributed by atoms with E-state index < -0.39 is 0 Å². The number of aryl methyl sites for hydroxylation is 2. The van der Waals surface area contributed by atoms with Gasteiger partial charge in [-0.3, -0.25) is 0 Å². The Balaban J connectivity index is 1.72. The zero-order chi connectivity index (χ0) is 18.3. The minimum atomic E-state index is 0.386. The van der Waals surface area contributed by atoms with Crippen molar-refractivity contribution in [2.24, 2.45) is 0 Å². The number of nitrogens with one attached hydrogen (secondary N) is 1. The highest BCUT2D eigenvalue weighted by Crippen LogP contribution is 2.25. The first-order chi connectivity index (χ1) is 12.5. The molecular formula is C16H12Cl2N8. The molecule has 26 heavy (non-hydrogen) atoms. The quantitative estimate of drug-likeness (QED) is 0.574. The predicted octanol–water partition coefficient (Wildman–Crippen LogP) is 3.64. The van der Waals surface area contributed by atoms with Gasteiger partial charge >= 0.3 is 0 Å². The van der Waals surface area contributed by atoms with Crippen LogP contribution in [0.3, 0.4) is 0 Å². The molecule has 0 saturated carbocycles. The van der Waals surface area contributed by atoms with Crippen LogP contribution in [0.4, 0.5) is 11.6 Å². The molecule has 0 aliphatic carbocycles. The number of hydrogen-bond donors (Lipinski definition) is 1. The highest BCUT2D eigenvalue weighted by atomic mass is 35.5. The van der Waals surface area contributed by atoms with Crippen LogP contribution in [0.15, 0.2) is 30.5 Å². The molecule has 0 saturated heterocycles. The number of halogens is 2. The van der Waals surface area contributed by atoms with Crippen molar-refractivity contribution >= 4 is 40.6 Å².